The van der Waals surface area contributed by atoms with Gasteiger partial charge in [0.1, 0.15) is 0 Å². The van der Waals surface area contributed by atoms with Crippen LogP contribution in [0.1, 0.15) is 18.1 Å². The van der Waals surface area contributed by atoms with Crippen LogP contribution in [0.5, 0.6) is 0 Å². The van der Waals surface area contributed by atoms with Crippen LogP contribution in [0, 0.1) is 0 Å². The normalized spacial score (nSPS) is 13.1. The molecule has 3 nitrogen and oxygen atoms in total. The molecular weight excluding hydrogens is 319 g/mol. The van der Waals surface area contributed by atoms with Gasteiger partial charge >= 0.3 is 0 Å². The number of carbonyl (C=O) groups is 1. The molecule has 1 amide bonds. The van der Waals surface area contributed by atoms with Gasteiger partial charge in [0.2, 0.25) is 5.91 Å². The molecule has 0 radical (unpaired) electrons. The Hall–Kier alpha value is -1.71. The van der Waals surface area contributed by atoms with Crippen molar-refractivity contribution in [1.82, 2.24) is 0 Å². The first-order valence-electron chi connectivity index (χ1n) is 7.13. The quantitative estimate of drug-likeness (QED) is 0.895. The van der Waals surface area contributed by atoms with Gasteiger partial charge in [-0.3, -0.25) is 4.79 Å². The number of fused-ring (bicyclic) bond motifs is 1. The average molecular weight is 335 g/mol. The van der Waals surface area contributed by atoms with E-state index in [0.29, 0.717) is 16.6 Å². The van der Waals surface area contributed by atoms with E-state index in [0.717, 1.165) is 29.9 Å². The zero-order chi connectivity index (χ0) is 15.7. The van der Waals surface area contributed by atoms with Gasteiger partial charge in [0.25, 0.3) is 0 Å². The van der Waals surface area contributed by atoms with Gasteiger partial charge < -0.3 is 10.2 Å². The highest BCUT2D eigenvalue weighted by molar-refractivity contribution is 6.35. The molecule has 0 spiro atoms. The number of halogens is 2. The molecule has 0 atom stereocenters. The van der Waals surface area contributed by atoms with E-state index in [4.69, 9.17) is 23.2 Å². The van der Waals surface area contributed by atoms with E-state index in [1.807, 2.05) is 29.2 Å². The van der Waals surface area contributed by atoms with E-state index in [1.165, 1.54) is 5.56 Å². The number of rotatable bonds is 3. The highest BCUT2D eigenvalue weighted by atomic mass is 35.5. The maximum Gasteiger partial charge on any atom is 0.223 e. The lowest BCUT2D eigenvalue weighted by Gasteiger charge is -2.16. The van der Waals surface area contributed by atoms with Crippen molar-refractivity contribution >= 4 is 40.5 Å². The zero-order valence-electron chi connectivity index (χ0n) is 12.2. The summed E-state index contributed by atoms with van der Waals surface area (Å²) in [5, 5.41) is 4.62. The van der Waals surface area contributed by atoms with Gasteiger partial charge in [0.15, 0.2) is 0 Å². The molecule has 2 aromatic carbocycles. The number of nitrogens with one attached hydrogen (secondary N) is 1. The Morgan fingerprint density at radius 3 is 2.77 bits per heavy atom. The molecule has 0 aromatic heterocycles. The van der Waals surface area contributed by atoms with Crippen LogP contribution < -0.4 is 10.2 Å². The molecular formula is C17H16Cl2N2O. The molecule has 3 rings (SSSR count). The fourth-order valence-electron chi connectivity index (χ4n) is 2.68. The van der Waals surface area contributed by atoms with Crippen LogP contribution in [0.25, 0.3) is 0 Å². The number of hydrogen-bond donors (Lipinski definition) is 1. The van der Waals surface area contributed by atoms with Crippen LogP contribution in [-0.4, -0.2) is 12.5 Å². The summed E-state index contributed by atoms with van der Waals surface area (Å²) in [6, 6.07) is 11.6. The van der Waals surface area contributed by atoms with Crippen molar-refractivity contribution in [2.24, 2.45) is 0 Å². The number of anilines is 2. The lowest BCUT2D eigenvalue weighted by Crippen LogP contribution is -2.25. The van der Waals surface area contributed by atoms with Crippen LogP contribution >= 0.6 is 23.2 Å². The minimum atomic E-state index is 0.0802. The standard InChI is InChI=1S/C17H16Cl2N2O/c1-11(22)21-7-6-12-3-5-15(9-17(12)21)20-10-13-2-4-14(18)8-16(13)19/h2-5,8-9,20H,6-7,10H2,1H3. The van der Waals surface area contributed by atoms with Crippen LogP contribution in [0.3, 0.4) is 0 Å². The second-order valence-corrected chi connectivity index (χ2v) is 6.20. The molecule has 0 saturated carbocycles. The van der Waals surface area contributed by atoms with E-state index in [2.05, 4.69) is 11.4 Å². The lowest BCUT2D eigenvalue weighted by molar-refractivity contribution is -0.116. The van der Waals surface area contributed by atoms with Crippen molar-refractivity contribution in [1.29, 1.82) is 0 Å². The van der Waals surface area contributed by atoms with Crippen LogP contribution in [0.4, 0.5) is 11.4 Å². The fourth-order valence-corrected chi connectivity index (χ4v) is 3.15. The lowest BCUT2D eigenvalue weighted by atomic mass is 10.1. The molecule has 114 valence electrons. The van der Waals surface area contributed by atoms with E-state index in [9.17, 15) is 4.79 Å². The van der Waals surface area contributed by atoms with Crippen molar-refractivity contribution in [2.75, 3.05) is 16.8 Å². The van der Waals surface area contributed by atoms with Gasteiger partial charge in [-0.25, -0.2) is 0 Å². The number of benzene rings is 2. The molecule has 0 bridgehead atoms. The minimum Gasteiger partial charge on any atom is -0.381 e. The molecule has 22 heavy (non-hydrogen) atoms. The molecule has 0 unspecified atom stereocenters. The zero-order valence-corrected chi connectivity index (χ0v) is 13.7. The third kappa shape index (κ3) is 3.06. The van der Waals surface area contributed by atoms with Gasteiger partial charge in [0.05, 0.1) is 0 Å². The van der Waals surface area contributed by atoms with Crippen LogP contribution in [-0.2, 0) is 17.8 Å². The van der Waals surface area contributed by atoms with Crippen molar-refractivity contribution < 1.29 is 4.79 Å². The van der Waals surface area contributed by atoms with Crippen molar-refractivity contribution in [2.45, 2.75) is 19.9 Å². The first-order valence-corrected chi connectivity index (χ1v) is 7.89. The summed E-state index contributed by atoms with van der Waals surface area (Å²) in [7, 11) is 0. The maximum absolute atomic E-state index is 11.7. The summed E-state index contributed by atoms with van der Waals surface area (Å²) in [4.78, 5) is 13.5. The maximum atomic E-state index is 11.7. The van der Waals surface area contributed by atoms with Crippen LogP contribution in [0.2, 0.25) is 10.0 Å². The fraction of sp³-hybridized carbons (Fsp3) is 0.235. The average Bonchev–Trinajstić information content (AvgIpc) is 2.89. The van der Waals surface area contributed by atoms with Crippen LogP contribution in [0.15, 0.2) is 36.4 Å². The van der Waals surface area contributed by atoms with Gasteiger partial charge in [-0.15, -0.1) is 0 Å². The molecule has 1 heterocycles. The predicted molar refractivity (Wildman–Crippen MR) is 92.0 cm³/mol. The molecule has 1 N–H and O–H groups in total. The van der Waals surface area contributed by atoms with Gasteiger partial charge in [-0.2, -0.15) is 0 Å². The molecule has 0 fully saturated rings. The SMILES string of the molecule is CC(=O)N1CCc2ccc(NCc3ccc(Cl)cc3Cl)cc21. The van der Waals surface area contributed by atoms with E-state index in [1.54, 1.807) is 13.0 Å². The summed E-state index contributed by atoms with van der Waals surface area (Å²) in [5.41, 5.74) is 4.16. The Morgan fingerprint density at radius 2 is 2.05 bits per heavy atom. The molecule has 1 aliphatic heterocycles. The molecule has 5 heteroatoms. The monoisotopic (exact) mass is 334 g/mol. The Labute approximate surface area is 139 Å². The highest BCUT2D eigenvalue weighted by Crippen LogP contribution is 2.31. The summed E-state index contributed by atoms with van der Waals surface area (Å²) in [6.07, 6.45) is 0.915. The summed E-state index contributed by atoms with van der Waals surface area (Å²) in [6.45, 7) is 2.97. The summed E-state index contributed by atoms with van der Waals surface area (Å²) in [5.74, 6) is 0.0802. The third-order valence-electron chi connectivity index (χ3n) is 3.86. The second kappa shape index (κ2) is 6.19. The van der Waals surface area contributed by atoms with Gasteiger partial charge in [-0.1, -0.05) is 35.3 Å². The van der Waals surface area contributed by atoms with E-state index in [-0.39, 0.29) is 5.91 Å². The number of hydrogen-bond acceptors (Lipinski definition) is 2. The summed E-state index contributed by atoms with van der Waals surface area (Å²) < 4.78 is 0. The van der Waals surface area contributed by atoms with E-state index < -0.39 is 0 Å². The second-order valence-electron chi connectivity index (χ2n) is 5.35. The third-order valence-corrected chi connectivity index (χ3v) is 4.45. The smallest absolute Gasteiger partial charge is 0.223 e. The Kier molecular flexibility index (Phi) is 4.27. The predicted octanol–water partition coefficient (Wildman–Crippen LogP) is 4.51. The van der Waals surface area contributed by atoms with Crippen molar-refractivity contribution in [3.8, 4) is 0 Å². The highest BCUT2D eigenvalue weighted by Gasteiger charge is 2.22. The van der Waals surface area contributed by atoms with E-state index >= 15 is 0 Å². The molecule has 0 saturated heterocycles. The number of amides is 1. The first-order chi connectivity index (χ1) is 10.5. The molecule has 1 aliphatic rings. The topological polar surface area (TPSA) is 32.3 Å². The minimum absolute atomic E-state index is 0.0802. The largest absolute Gasteiger partial charge is 0.381 e. The van der Waals surface area contributed by atoms with Crippen molar-refractivity contribution in [3.05, 3.63) is 57.6 Å². The Morgan fingerprint density at radius 1 is 1.23 bits per heavy atom. The Balaban J connectivity index is 1.76. The summed E-state index contributed by atoms with van der Waals surface area (Å²) >= 11 is 12.1. The Bertz CT molecular complexity index is 731. The first kappa shape index (κ1) is 15.2. The van der Waals surface area contributed by atoms with Gasteiger partial charge in [-0.05, 0) is 41.8 Å². The number of carbonyl (C=O) groups excluding carboxylic acids is 1. The van der Waals surface area contributed by atoms with Crippen molar-refractivity contribution in [3.63, 3.8) is 0 Å². The van der Waals surface area contributed by atoms with Gasteiger partial charge in [0, 0.05) is 41.4 Å². The number of nitrogens with zero attached hydrogens (tertiary/aromatic N) is 1. The molecule has 2 aromatic rings. The molecule has 0 aliphatic carbocycles.